The predicted molar refractivity (Wildman–Crippen MR) is 114 cm³/mol. The number of rotatable bonds is 4. The van der Waals surface area contributed by atoms with Crippen LogP contribution in [-0.4, -0.2) is 71.2 Å². The van der Waals surface area contributed by atoms with E-state index in [0.717, 1.165) is 25.3 Å². The molecular weight excluding hydrogens is 364 g/mol. The number of hydrogen-bond donors (Lipinski definition) is 0. The number of carbonyl (C=O) groups is 1. The molecule has 2 aliphatic heterocycles. The average Bonchev–Trinajstić information content (AvgIpc) is 3.27. The number of benzene rings is 1. The van der Waals surface area contributed by atoms with Crippen molar-refractivity contribution in [2.45, 2.75) is 51.8 Å². The van der Waals surface area contributed by atoms with E-state index in [1.165, 1.54) is 22.3 Å². The molecule has 2 aromatic rings. The maximum Gasteiger partial charge on any atom is 0.224 e. The van der Waals surface area contributed by atoms with Crippen molar-refractivity contribution >= 4 is 5.91 Å². The summed E-state index contributed by atoms with van der Waals surface area (Å²) in [4.78, 5) is 20.9. The van der Waals surface area contributed by atoms with Crippen LogP contribution in [0.15, 0.2) is 24.5 Å². The van der Waals surface area contributed by atoms with Crippen LogP contribution in [0.5, 0.6) is 0 Å². The normalized spacial score (nSPS) is 24.5. The number of imidazole rings is 1. The van der Waals surface area contributed by atoms with Crippen LogP contribution >= 0.6 is 0 Å². The van der Waals surface area contributed by atoms with Gasteiger partial charge in [0.25, 0.3) is 0 Å². The summed E-state index contributed by atoms with van der Waals surface area (Å²) in [5.74, 6) is 1.19. The van der Waals surface area contributed by atoms with Gasteiger partial charge in [-0.15, -0.1) is 0 Å². The molecule has 2 saturated heterocycles. The number of aromatic nitrogens is 2. The Hall–Kier alpha value is -2.18. The number of carbonyl (C=O) groups excluding carboxylic acids is 1. The highest BCUT2D eigenvalue weighted by molar-refractivity contribution is 5.76. The molecule has 0 unspecified atom stereocenters. The Morgan fingerprint density at radius 1 is 1.17 bits per heavy atom. The fourth-order valence-corrected chi connectivity index (χ4v) is 4.95. The van der Waals surface area contributed by atoms with Crippen molar-refractivity contribution in [3.8, 4) is 11.4 Å². The highest BCUT2D eigenvalue weighted by Gasteiger charge is 2.39. The second kappa shape index (κ2) is 7.92. The number of morpholine rings is 1. The van der Waals surface area contributed by atoms with Crippen LogP contribution < -0.4 is 0 Å². The number of ether oxygens (including phenoxy) is 1. The zero-order valence-electron chi connectivity index (χ0n) is 18.2. The van der Waals surface area contributed by atoms with E-state index in [1.54, 1.807) is 19.0 Å². The first-order chi connectivity index (χ1) is 13.8. The summed E-state index contributed by atoms with van der Waals surface area (Å²) in [6, 6.07) is 5.27. The predicted octanol–water partition coefficient (Wildman–Crippen LogP) is 2.97. The summed E-state index contributed by atoms with van der Waals surface area (Å²) in [5.41, 5.74) is 5.08. The van der Waals surface area contributed by atoms with Crippen molar-refractivity contribution in [3.63, 3.8) is 0 Å². The summed E-state index contributed by atoms with van der Waals surface area (Å²) in [7, 11) is 3.60. The van der Waals surface area contributed by atoms with Crippen molar-refractivity contribution < 1.29 is 9.53 Å². The fourth-order valence-electron chi connectivity index (χ4n) is 4.95. The van der Waals surface area contributed by atoms with Gasteiger partial charge in [-0.25, -0.2) is 4.98 Å². The molecule has 3 heterocycles. The molecule has 0 radical (unpaired) electrons. The molecule has 0 N–H and O–H groups in total. The quantitative estimate of drug-likeness (QED) is 0.797. The third-order valence-corrected chi connectivity index (χ3v) is 6.33. The molecule has 0 aliphatic carbocycles. The first-order valence-electron chi connectivity index (χ1n) is 10.5. The zero-order valence-corrected chi connectivity index (χ0v) is 18.2. The molecule has 2 fully saturated rings. The van der Waals surface area contributed by atoms with Crippen LogP contribution in [0, 0.1) is 20.8 Å². The Morgan fingerprint density at radius 2 is 1.90 bits per heavy atom. The van der Waals surface area contributed by atoms with Crippen molar-refractivity contribution in [3.05, 3.63) is 41.2 Å². The van der Waals surface area contributed by atoms with Gasteiger partial charge < -0.3 is 14.2 Å². The van der Waals surface area contributed by atoms with Crippen molar-refractivity contribution in [2.75, 3.05) is 33.8 Å². The Balaban J connectivity index is 1.52. The molecule has 2 aliphatic rings. The number of hydrogen-bond acceptors (Lipinski definition) is 4. The zero-order chi connectivity index (χ0) is 20.7. The first kappa shape index (κ1) is 20.1. The number of nitrogens with zero attached hydrogens (tertiary/aromatic N) is 4. The van der Waals surface area contributed by atoms with Gasteiger partial charge in [-0.05, 0) is 38.3 Å². The van der Waals surface area contributed by atoms with Gasteiger partial charge in [0.05, 0.1) is 19.1 Å². The highest BCUT2D eigenvalue weighted by Crippen LogP contribution is 2.35. The summed E-state index contributed by atoms with van der Waals surface area (Å²) < 4.78 is 8.38. The van der Waals surface area contributed by atoms with Gasteiger partial charge in [-0.2, -0.15) is 0 Å². The lowest BCUT2D eigenvalue weighted by Gasteiger charge is -2.35. The lowest BCUT2D eigenvalue weighted by atomic mass is 9.99. The summed E-state index contributed by atoms with van der Waals surface area (Å²) >= 11 is 0. The minimum absolute atomic E-state index is 0.0104. The topological polar surface area (TPSA) is 50.6 Å². The second-order valence-electron chi connectivity index (χ2n) is 8.88. The average molecular weight is 397 g/mol. The van der Waals surface area contributed by atoms with E-state index >= 15 is 0 Å². The van der Waals surface area contributed by atoms with Gasteiger partial charge in [-0.3, -0.25) is 9.69 Å². The van der Waals surface area contributed by atoms with Crippen LogP contribution in [0.25, 0.3) is 11.4 Å². The lowest BCUT2D eigenvalue weighted by molar-refractivity contribution is -0.134. The van der Waals surface area contributed by atoms with Gasteiger partial charge >= 0.3 is 0 Å². The molecule has 3 atom stereocenters. The summed E-state index contributed by atoms with van der Waals surface area (Å²) in [6.45, 7) is 9.00. The van der Waals surface area contributed by atoms with Crippen molar-refractivity contribution in [2.24, 2.45) is 0 Å². The standard InChI is InChI=1S/C23H32N4O2/c1-15-8-16(2)22(17(3)9-15)23-24-6-7-27(23)18-10-19-14-29-20(13-26(19)12-18)11-21(28)25(4)5/h6-9,18-20H,10-14H2,1-5H3/t18-,19+,20+/m1/s1. The number of fused-ring (bicyclic) bond motifs is 1. The van der Waals surface area contributed by atoms with Crippen molar-refractivity contribution in [1.29, 1.82) is 0 Å². The van der Waals surface area contributed by atoms with E-state index in [9.17, 15) is 4.79 Å². The van der Waals surface area contributed by atoms with Crippen LogP contribution in [0.3, 0.4) is 0 Å². The SMILES string of the molecule is Cc1cc(C)c(-c2nccn2[C@@H]2C[C@H]3CO[C@@H](CC(=O)N(C)C)CN3C2)c(C)c1. The Morgan fingerprint density at radius 3 is 2.59 bits per heavy atom. The summed E-state index contributed by atoms with van der Waals surface area (Å²) in [5, 5.41) is 0. The van der Waals surface area contributed by atoms with Crippen LogP contribution in [0.4, 0.5) is 0 Å². The number of amides is 1. The minimum atomic E-state index is -0.0104. The van der Waals surface area contributed by atoms with Gasteiger partial charge in [0.15, 0.2) is 0 Å². The van der Waals surface area contributed by atoms with E-state index in [-0.39, 0.29) is 12.0 Å². The highest BCUT2D eigenvalue weighted by atomic mass is 16.5. The molecule has 0 bridgehead atoms. The maximum atomic E-state index is 12.1. The molecule has 1 aromatic heterocycles. The first-order valence-corrected chi connectivity index (χ1v) is 10.5. The largest absolute Gasteiger partial charge is 0.375 e. The molecular formula is C23H32N4O2. The van der Waals surface area contributed by atoms with Gasteiger partial charge in [-0.1, -0.05) is 17.7 Å². The van der Waals surface area contributed by atoms with Gasteiger partial charge in [0.1, 0.15) is 5.82 Å². The minimum Gasteiger partial charge on any atom is -0.375 e. The molecule has 0 spiro atoms. The van der Waals surface area contributed by atoms with Crippen molar-refractivity contribution in [1.82, 2.24) is 19.4 Å². The smallest absolute Gasteiger partial charge is 0.224 e. The van der Waals surface area contributed by atoms with Gasteiger partial charge in [0.2, 0.25) is 5.91 Å². The van der Waals surface area contributed by atoms with Crippen LogP contribution in [0.2, 0.25) is 0 Å². The van der Waals surface area contributed by atoms with E-state index in [1.807, 2.05) is 6.20 Å². The van der Waals surface area contributed by atoms with E-state index in [0.29, 0.717) is 25.1 Å². The summed E-state index contributed by atoms with van der Waals surface area (Å²) in [6.07, 6.45) is 5.54. The molecule has 1 amide bonds. The molecule has 4 rings (SSSR count). The fraction of sp³-hybridized carbons (Fsp3) is 0.565. The monoisotopic (exact) mass is 396 g/mol. The maximum absolute atomic E-state index is 12.1. The van der Waals surface area contributed by atoms with E-state index in [2.05, 4.69) is 48.6 Å². The second-order valence-corrected chi connectivity index (χ2v) is 8.88. The van der Waals surface area contributed by atoms with E-state index < -0.39 is 0 Å². The molecule has 6 heteroatoms. The third-order valence-electron chi connectivity index (χ3n) is 6.33. The Bertz CT molecular complexity index is 881. The molecule has 0 saturated carbocycles. The van der Waals surface area contributed by atoms with Crippen LogP contribution in [-0.2, 0) is 9.53 Å². The molecule has 29 heavy (non-hydrogen) atoms. The Labute approximate surface area is 173 Å². The van der Waals surface area contributed by atoms with Gasteiger partial charge in [0, 0.05) is 57.2 Å². The molecule has 1 aromatic carbocycles. The third kappa shape index (κ3) is 3.96. The molecule has 6 nitrogen and oxygen atoms in total. The van der Waals surface area contributed by atoms with Crippen LogP contribution in [0.1, 0.15) is 35.6 Å². The lowest BCUT2D eigenvalue weighted by Crippen LogP contribution is -2.47. The number of aryl methyl sites for hydroxylation is 3. The van der Waals surface area contributed by atoms with E-state index in [4.69, 9.17) is 9.72 Å². The Kier molecular flexibility index (Phi) is 5.49. The molecule has 156 valence electrons.